The van der Waals surface area contributed by atoms with E-state index in [-0.39, 0.29) is 40.0 Å². The number of methoxy groups -OCH3 is 1. The quantitative estimate of drug-likeness (QED) is 0.364. The molecule has 9 nitrogen and oxygen atoms in total. The van der Waals surface area contributed by atoms with Crippen molar-refractivity contribution in [3.63, 3.8) is 0 Å². The molecule has 0 radical (unpaired) electrons. The zero-order valence-electron chi connectivity index (χ0n) is 20.2. The number of halogens is 1. The van der Waals surface area contributed by atoms with E-state index < -0.39 is 27.1 Å². The van der Waals surface area contributed by atoms with Gasteiger partial charge in [0.25, 0.3) is 5.56 Å². The number of hydrogen-bond donors (Lipinski definition) is 1. The van der Waals surface area contributed by atoms with Gasteiger partial charge in [0.2, 0.25) is 0 Å². The lowest BCUT2D eigenvalue weighted by Gasteiger charge is -2.17. The second kappa shape index (κ2) is 10.7. The number of sulfone groups is 1. The van der Waals surface area contributed by atoms with Crippen molar-refractivity contribution in [2.75, 3.05) is 13.4 Å². The van der Waals surface area contributed by atoms with Gasteiger partial charge in [-0.3, -0.25) is 4.79 Å². The van der Waals surface area contributed by atoms with E-state index in [1.165, 1.54) is 19.2 Å². The van der Waals surface area contributed by atoms with Gasteiger partial charge in [-0.15, -0.1) is 0 Å². The summed E-state index contributed by atoms with van der Waals surface area (Å²) in [5.74, 6) is 0.277. The van der Waals surface area contributed by atoms with Crippen LogP contribution in [0.1, 0.15) is 22.9 Å². The van der Waals surface area contributed by atoms with Crippen molar-refractivity contribution in [2.24, 2.45) is 5.73 Å². The van der Waals surface area contributed by atoms with Crippen LogP contribution in [0.2, 0.25) is 5.02 Å². The van der Waals surface area contributed by atoms with Crippen LogP contribution in [0.25, 0.3) is 5.69 Å². The lowest BCUT2D eigenvalue weighted by Crippen LogP contribution is -2.44. The summed E-state index contributed by atoms with van der Waals surface area (Å²) in [5, 5.41) is 4.40. The first-order valence-electron chi connectivity index (χ1n) is 11.3. The summed E-state index contributed by atoms with van der Waals surface area (Å²) in [6, 6.07) is 19.6. The predicted octanol–water partition coefficient (Wildman–Crippen LogP) is 2.75. The van der Waals surface area contributed by atoms with Gasteiger partial charge in [-0.05, 0) is 29.3 Å². The van der Waals surface area contributed by atoms with Crippen LogP contribution in [0, 0.1) is 0 Å². The molecular formula is C26H25ClN4O5S. The molecule has 1 unspecified atom stereocenters. The molecule has 0 saturated heterocycles. The molecule has 0 aliphatic heterocycles. The van der Waals surface area contributed by atoms with Crippen molar-refractivity contribution in [1.29, 1.82) is 0 Å². The Morgan fingerprint density at radius 1 is 1.00 bits per heavy atom. The molecule has 0 spiro atoms. The molecule has 2 N–H and O–H groups in total. The molecule has 0 bridgehead atoms. The Balaban J connectivity index is 1.93. The van der Waals surface area contributed by atoms with E-state index in [2.05, 4.69) is 5.10 Å². The van der Waals surface area contributed by atoms with Crippen LogP contribution in [0.15, 0.2) is 87.3 Å². The summed E-state index contributed by atoms with van der Waals surface area (Å²) in [6.45, 7) is -0.0363. The first-order chi connectivity index (χ1) is 17.6. The number of ether oxygens (including phenoxy) is 1. The number of rotatable bonds is 8. The molecule has 0 saturated carbocycles. The molecule has 0 aliphatic carbocycles. The minimum absolute atomic E-state index is 0.0363. The molecule has 4 rings (SSSR count). The lowest BCUT2D eigenvalue weighted by molar-refractivity contribution is 0.414. The van der Waals surface area contributed by atoms with E-state index in [1.807, 2.05) is 30.3 Å². The molecule has 11 heteroatoms. The Hall–Kier alpha value is -3.73. The largest absolute Gasteiger partial charge is 0.495 e. The Bertz CT molecular complexity index is 1670. The number of nitrogens with two attached hydrogens (primary N) is 1. The third kappa shape index (κ3) is 5.51. The Morgan fingerprint density at radius 3 is 2.35 bits per heavy atom. The van der Waals surface area contributed by atoms with Crippen LogP contribution < -0.4 is 21.7 Å². The van der Waals surface area contributed by atoms with Crippen molar-refractivity contribution in [3.8, 4) is 11.4 Å². The van der Waals surface area contributed by atoms with Crippen LogP contribution in [0.4, 0.5) is 0 Å². The van der Waals surface area contributed by atoms with Crippen molar-refractivity contribution in [1.82, 2.24) is 14.3 Å². The molecule has 0 aliphatic rings. The minimum Gasteiger partial charge on any atom is -0.495 e. The summed E-state index contributed by atoms with van der Waals surface area (Å²) >= 11 is 6.48. The summed E-state index contributed by atoms with van der Waals surface area (Å²) in [7, 11) is -2.16. The van der Waals surface area contributed by atoms with Gasteiger partial charge in [0.1, 0.15) is 16.5 Å². The maximum Gasteiger partial charge on any atom is 0.352 e. The van der Waals surface area contributed by atoms with Crippen LogP contribution in [0.5, 0.6) is 5.75 Å². The maximum atomic E-state index is 13.6. The third-order valence-electron chi connectivity index (χ3n) is 5.83. The van der Waals surface area contributed by atoms with Crippen molar-refractivity contribution in [2.45, 2.75) is 23.9 Å². The lowest BCUT2D eigenvalue weighted by atomic mass is 10.1. The van der Waals surface area contributed by atoms with Crippen LogP contribution in [-0.2, 0) is 22.8 Å². The number of aromatic nitrogens is 3. The molecule has 1 aromatic heterocycles. The molecule has 1 atom stereocenters. The Kier molecular flexibility index (Phi) is 7.63. The van der Waals surface area contributed by atoms with Gasteiger partial charge in [0.05, 0.1) is 24.2 Å². The smallest absolute Gasteiger partial charge is 0.352 e. The third-order valence-corrected chi connectivity index (χ3v) is 7.41. The Labute approximate surface area is 218 Å². The summed E-state index contributed by atoms with van der Waals surface area (Å²) < 4.78 is 32.0. The van der Waals surface area contributed by atoms with Gasteiger partial charge in [0, 0.05) is 18.7 Å². The van der Waals surface area contributed by atoms with Gasteiger partial charge in [-0.2, -0.15) is 5.10 Å². The van der Waals surface area contributed by atoms with Crippen molar-refractivity contribution in [3.05, 3.63) is 115 Å². The zero-order chi connectivity index (χ0) is 26.7. The predicted molar refractivity (Wildman–Crippen MR) is 141 cm³/mol. The number of hydrogen-bond acceptors (Lipinski definition) is 7. The van der Waals surface area contributed by atoms with Gasteiger partial charge < -0.3 is 10.5 Å². The highest BCUT2D eigenvalue weighted by Gasteiger charge is 2.22. The van der Waals surface area contributed by atoms with Crippen molar-refractivity contribution >= 4 is 21.4 Å². The summed E-state index contributed by atoms with van der Waals surface area (Å²) in [4.78, 5) is 27.2. The first-order valence-corrected chi connectivity index (χ1v) is 13.5. The Morgan fingerprint density at radius 2 is 1.68 bits per heavy atom. The first kappa shape index (κ1) is 26.3. The molecule has 0 fully saturated rings. The highest BCUT2D eigenvalue weighted by Crippen LogP contribution is 2.29. The highest BCUT2D eigenvalue weighted by atomic mass is 35.5. The van der Waals surface area contributed by atoms with Gasteiger partial charge in [-0.25, -0.2) is 22.5 Å². The monoisotopic (exact) mass is 540 g/mol. The fourth-order valence-corrected chi connectivity index (χ4v) is 5.25. The molecular weight excluding hydrogens is 516 g/mol. The zero-order valence-corrected chi connectivity index (χ0v) is 21.7. The number of nitrogens with zero attached hydrogens (tertiary/aromatic N) is 3. The topological polar surface area (TPSA) is 126 Å². The normalized spacial score (nSPS) is 12.3. The average Bonchev–Trinajstić information content (AvgIpc) is 2.88. The maximum absolute atomic E-state index is 13.6. The van der Waals surface area contributed by atoms with E-state index in [0.29, 0.717) is 5.56 Å². The van der Waals surface area contributed by atoms with E-state index in [0.717, 1.165) is 21.1 Å². The van der Waals surface area contributed by atoms with Crippen molar-refractivity contribution < 1.29 is 13.2 Å². The molecule has 37 heavy (non-hydrogen) atoms. The SMILES string of the molecule is COc1cccc(-n2c(=O)c(Cc3ccccc3S(C)(=O)=O)nn(CC(N)c3ccccc3)c2=O)c1Cl. The fraction of sp³-hybridized carbons (Fsp3) is 0.192. The van der Waals surface area contributed by atoms with Gasteiger partial charge >= 0.3 is 5.69 Å². The second-order valence-electron chi connectivity index (χ2n) is 8.42. The van der Waals surface area contributed by atoms with Crippen LogP contribution >= 0.6 is 11.6 Å². The van der Waals surface area contributed by atoms with Crippen LogP contribution in [0.3, 0.4) is 0 Å². The fourth-order valence-electron chi connectivity index (χ4n) is 4.02. The van der Waals surface area contributed by atoms with Gasteiger partial charge in [-0.1, -0.05) is 66.2 Å². The molecule has 192 valence electrons. The highest BCUT2D eigenvalue weighted by molar-refractivity contribution is 7.90. The second-order valence-corrected chi connectivity index (χ2v) is 10.8. The van der Waals surface area contributed by atoms with E-state index in [1.54, 1.807) is 30.3 Å². The summed E-state index contributed by atoms with van der Waals surface area (Å²) in [5.41, 5.74) is 6.11. The van der Waals surface area contributed by atoms with Crippen LogP contribution in [-0.4, -0.2) is 36.1 Å². The van der Waals surface area contributed by atoms with E-state index in [9.17, 15) is 18.0 Å². The average molecular weight is 541 g/mol. The molecule has 4 aromatic rings. The van der Waals surface area contributed by atoms with Gasteiger partial charge in [0.15, 0.2) is 9.84 Å². The van der Waals surface area contributed by atoms with E-state index in [4.69, 9.17) is 22.1 Å². The van der Waals surface area contributed by atoms with E-state index >= 15 is 0 Å². The molecule has 1 heterocycles. The number of benzene rings is 3. The molecule has 0 amide bonds. The molecule has 3 aromatic carbocycles. The minimum atomic E-state index is -3.58. The summed E-state index contributed by atoms with van der Waals surface area (Å²) in [6.07, 6.45) is 0.956. The standard InChI is InChI=1S/C26H25ClN4O5S/c1-36-22-13-8-12-21(24(22)27)31-25(32)20(15-18-11-6-7-14-23(18)37(2,34)35)29-30(26(31)33)16-19(28)17-9-4-3-5-10-17/h3-14,19H,15-16,28H2,1-2H3.